The number of carbonyl (C=O) groups excluding carboxylic acids is 3. The number of rotatable bonds is 14. The number of hydrogen-bond donors (Lipinski definition) is 0. The minimum atomic E-state index is -0.660. The standard InChI is InChI=1S/C40H59N3O7/c1-28(2)43(38(45)31-25-30-10-7-8-11-35(30)36(26-31)49-21-9-20-47-6)34-15-14-33(42(27-34)39(46)50-40(3,4)5)16-19-41(32-12-13-32)37(44)24-29-17-22-48-23-18-29/h7-8,10-11,25-26,28-29,32-34H,9,12-24,27H2,1-6H3/t33?,34-/m1/s1. The first-order valence-corrected chi connectivity index (χ1v) is 18.8. The molecule has 2 heterocycles. The van der Waals surface area contributed by atoms with Gasteiger partial charge in [-0.1, -0.05) is 24.3 Å². The summed E-state index contributed by atoms with van der Waals surface area (Å²) in [6.45, 7) is 13.2. The second-order valence-electron chi connectivity index (χ2n) is 15.6. The molecule has 3 aliphatic rings. The lowest BCUT2D eigenvalue weighted by molar-refractivity contribution is -0.133. The zero-order chi connectivity index (χ0) is 35.8. The van der Waals surface area contributed by atoms with E-state index in [1.807, 2.05) is 80.8 Å². The van der Waals surface area contributed by atoms with Crippen molar-refractivity contribution in [1.82, 2.24) is 14.7 Å². The first kappa shape index (κ1) is 37.9. The number of fused-ring (bicyclic) bond motifs is 1. The summed E-state index contributed by atoms with van der Waals surface area (Å²) in [5, 5.41) is 1.90. The van der Waals surface area contributed by atoms with Gasteiger partial charge in [0.2, 0.25) is 5.91 Å². The molecule has 276 valence electrons. The number of piperidine rings is 1. The molecule has 0 aromatic heterocycles. The van der Waals surface area contributed by atoms with Crippen molar-refractivity contribution in [3.8, 4) is 5.75 Å². The Morgan fingerprint density at radius 2 is 1.68 bits per heavy atom. The molecule has 5 rings (SSSR count). The van der Waals surface area contributed by atoms with E-state index in [1.54, 1.807) is 7.11 Å². The topological polar surface area (TPSA) is 97.9 Å². The quantitative estimate of drug-likeness (QED) is 0.195. The number of amides is 3. The van der Waals surface area contributed by atoms with Crippen LogP contribution >= 0.6 is 0 Å². The molecule has 3 amide bonds. The van der Waals surface area contributed by atoms with Gasteiger partial charge in [-0.25, -0.2) is 4.79 Å². The lowest BCUT2D eigenvalue weighted by atomic mass is 9.93. The molecule has 0 bridgehead atoms. The van der Waals surface area contributed by atoms with Gasteiger partial charge in [0.15, 0.2) is 0 Å². The molecule has 10 heteroatoms. The number of likely N-dealkylation sites (tertiary alicyclic amines) is 1. The molecule has 0 N–H and O–H groups in total. The summed E-state index contributed by atoms with van der Waals surface area (Å²) in [6, 6.07) is 11.7. The van der Waals surface area contributed by atoms with E-state index in [2.05, 4.69) is 4.90 Å². The van der Waals surface area contributed by atoms with Gasteiger partial charge < -0.3 is 33.6 Å². The number of ether oxygens (including phenoxy) is 4. The van der Waals surface area contributed by atoms with Crippen molar-refractivity contribution in [2.45, 2.75) is 122 Å². The molecule has 0 radical (unpaired) electrons. The molecular weight excluding hydrogens is 634 g/mol. The predicted octanol–water partition coefficient (Wildman–Crippen LogP) is 7.07. The molecule has 2 aromatic carbocycles. The van der Waals surface area contributed by atoms with Crippen LogP contribution in [0.15, 0.2) is 36.4 Å². The maximum absolute atomic E-state index is 14.4. The SMILES string of the molecule is COCCCOc1cc(C(=O)N(C(C)C)[C@@H]2CCC(CCN(C(=O)CC3CCOCC3)C3CC3)N(C(=O)OC(C)(C)C)C2)cc2ccccc12. The highest BCUT2D eigenvalue weighted by molar-refractivity contribution is 6.01. The summed E-state index contributed by atoms with van der Waals surface area (Å²) in [4.78, 5) is 47.6. The van der Waals surface area contributed by atoms with Crippen LogP contribution in [0, 0.1) is 5.92 Å². The summed E-state index contributed by atoms with van der Waals surface area (Å²) in [5.41, 5.74) is -0.0970. The van der Waals surface area contributed by atoms with Crippen molar-refractivity contribution < 1.29 is 33.3 Å². The van der Waals surface area contributed by atoms with Crippen molar-refractivity contribution in [3.05, 3.63) is 42.0 Å². The van der Waals surface area contributed by atoms with Crippen molar-refractivity contribution >= 4 is 28.7 Å². The van der Waals surface area contributed by atoms with Gasteiger partial charge in [0, 0.05) is 81.9 Å². The van der Waals surface area contributed by atoms with Crippen LogP contribution in [0.1, 0.15) is 103 Å². The molecule has 2 aliphatic heterocycles. The van der Waals surface area contributed by atoms with Crippen LogP contribution in [0.5, 0.6) is 5.75 Å². The molecule has 50 heavy (non-hydrogen) atoms. The Morgan fingerprint density at radius 1 is 0.960 bits per heavy atom. The van der Waals surface area contributed by atoms with Gasteiger partial charge in [0.1, 0.15) is 11.4 Å². The van der Waals surface area contributed by atoms with E-state index in [-0.39, 0.29) is 36.0 Å². The molecule has 1 aliphatic carbocycles. The van der Waals surface area contributed by atoms with Crippen LogP contribution < -0.4 is 4.74 Å². The first-order valence-electron chi connectivity index (χ1n) is 18.8. The van der Waals surface area contributed by atoms with Crippen LogP contribution in [0.2, 0.25) is 0 Å². The molecule has 3 fully saturated rings. The largest absolute Gasteiger partial charge is 0.493 e. The molecule has 10 nitrogen and oxygen atoms in total. The maximum atomic E-state index is 14.4. The van der Waals surface area contributed by atoms with Gasteiger partial charge in [0.25, 0.3) is 5.91 Å². The van der Waals surface area contributed by atoms with E-state index in [0.29, 0.717) is 62.4 Å². The monoisotopic (exact) mass is 693 g/mol. The highest BCUT2D eigenvalue weighted by Crippen LogP contribution is 2.34. The predicted molar refractivity (Wildman–Crippen MR) is 195 cm³/mol. The van der Waals surface area contributed by atoms with Gasteiger partial charge >= 0.3 is 6.09 Å². The van der Waals surface area contributed by atoms with Crippen molar-refractivity contribution in [2.75, 3.05) is 46.6 Å². The molecule has 0 spiro atoms. The minimum Gasteiger partial charge on any atom is -0.493 e. The lowest BCUT2D eigenvalue weighted by Crippen LogP contribution is -2.58. The van der Waals surface area contributed by atoms with E-state index in [1.165, 1.54) is 0 Å². The second kappa shape index (κ2) is 17.2. The Labute approximate surface area is 298 Å². The van der Waals surface area contributed by atoms with Gasteiger partial charge in [-0.05, 0) is 103 Å². The van der Waals surface area contributed by atoms with Gasteiger partial charge in [-0.15, -0.1) is 0 Å². The van der Waals surface area contributed by atoms with E-state index < -0.39 is 5.60 Å². The molecule has 2 saturated heterocycles. The fourth-order valence-electron chi connectivity index (χ4n) is 7.45. The third-order valence-corrected chi connectivity index (χ3v) is 10.1. The van der Waals surface area contributed by atoms with E-state index in [0.717, 1.165) is 68.9 Å². The van der Waals surface area contributed by atoms with Gasteiger partial charge in [-0.2, -0.15) is 0 Å². The van der Waals surface area contributed by atoms with E-state index >= 15 is 0 Å². The lowest BCUT2D eigenvalue weighted by Gasteiger charge is -2.45. The Balaban J connectivity index is 1.33. The molecular formula is C40H59N3O7. The third kappa shape index (κ3) is 10.1. The van der Waals surface area contributed by atoms with E-state index in [9.17, 15) is 14.4 Å². The Bertz CT molecular complexity index is 1450. The third-order valence-electron chi connectivity index (χ3n) is 10.1. The maximum Gasteiger partial charge on any atom is 0.410 e. The highest BCUT2D eigenvalue weighted by atomic mass is 16.6. The van der Waals surface area contributed by atoms with Crippen LogP contribution in [-0.4, -0.2) is 109 Å². The van der Waals surface area contributed by atoms with Crippen LogP contribution in [0.3, 0.4) is 0 Å². The van der Waals surface area contributed by atoms with Gasteiger partial charge in [0.05, 0.1) is 12.6 Å². The Kier molecular flexibility index (Phi) is 13.1. The highest BCUT2D eigenvalue weighted by Gasteiger charge is 2.40. The average molecular weight is 694 g/mol. The summed E-state index contributed by atoms with van der Waals surface area (Å²) >= 11 is 0. The first-order chi connectivity index (χ1) is 23.9. The number of benzene rings is 2. The number of hydrogen-bond acceptors (Lipinski definition) is 7. The summed E-state index contributed by atoms with van der Waals surface area (Å²) in [5.74, 6) is 1.20. The number of methoxy groups -OCH3 is 1. The summed E-state index contributed by atoms with van der Waals surface area (Å²) in [6.07, 6.45) is 7.07. The van der Waals surface area contributed by atoms with Crippen LogP contribution in [-0.2, 0) is 19.0 Å². The summed E-state index contributed by atoms with van der Waals surface area (Å²) < 4.78 is 22.8. The number of carbonyl (C=O) groups is 3. The van der Waals surface area contributed by atoms with Crippen molar-refractivity contribution in [1.29, 1.82) is 0 Å². The van der Waals surface area contributed by atoms with Crippen molar-refractivity contribution in [3.63, 3.8) is 0 Å². The molecule has 1 saturated carbocycles. The second-order valence-corrected chi connectivity index (χ2v) is 15.6. The average Bonchev–Trinajstić information content (AvgIpc) is 3.92. The Hall–Kier alpha value is -3.37. The Morgan fingerprint density at radius 3 is 2.36 bits per heavy atom. The fourth-order valence-corrected chi connectivity index (χ4v) is 7.45. The molecule has 1 unspecified atom stereocenters. The van der Waals surface area contributed by atoms with Crippen LogP contribution in [0.25, 0.3) is 10.8 Å². The van der Waals surface area contributed by atoms with Crippen molar-refractivity contribution in [2.24, 2.45) is 5.92 Å². The van der Waals surface area contributed by atoms with E-state index in [4.69, 9.17) is 18.9 Å². The molecule has 2 aromatic rings. The minimum absolute atomic E-state index is 0.0845. The van der Waals surface area contributed by atoms with Crippen LogP contribution in [0.4, 0.5) is 4.79 Å². The zero-order valence-corrected chi connectivity index (χ0v) is 31.2. The normalized spacial score (nSPS) is 20.2. The van der Waals surface area contributed by atoms with Gasteiger partial charge in [-0.3, -0.25) is 9.59 Å². The molecule has 2 atom stereocenters. The smallest absolute Gasteiger partial charge is 0.410 e. The number of nitrogens with zero attached hydrogens (tertiary/aromatic N) is 3. The zero-order valence-electron chi connectivity index (χ0n) is 31.2. The fraction of sp³-hybridized carbons (Fsp3) is 0.675. The summed E-state index contributed by atoms with van der Waals surface area (Å²) in [7, 11) is 1.67.